The minimum absolute atomic E-state index is 0.486. The highest BCUT2D eigenvalue weighted by Crippen LogP contribution is 2.38. The summed E-state index contributed by atoms with van der Waals surface area (Å²) in [5.41, 5.74) is 1.63. The fraction of sp³-hybridized carbons (Fsp3) is 0.786. The van der Waals surface area contributed by atoms with Gasteiger partial charge in [0.05, 0.1) is 5.69 Å². The van der Waals surface area contributed by atoms with Crippen molar-refractivity contribution in [3.63, 3.8) is 0 Å². The molecular weight excluding hydrogens is 210 g/mol. The Labute approximate surface area is 105 Å². The monoisotopic (exact) mass is 235 g/mol. The van der Waals surface area contributed by atoms with Gasteiger partial charge in [0.15, 0.2) is 0 Å². The molecule has 0 aliphatic heterocycles. The predicted molar refractivity (Wildman–Crippen MR) is 70.6 cm³/mol. The molecule has 0 aromatic carbocycles. The lowest BCUT2D eigenvalue weighted by Crippen LogP contribution is -2.39. The van der Waals surface area contributed by atoms with Crippen LogP contribution in [0.4, 0.5) is 0 Å². The molecule has 0 spiro atoms. The first-order chi connectivity index (χ1) is 7.94. The van der Waals surface area contributed by atoms with Crippen molar-refractivity contribution in [3.05, 3.63) is 18.0 Å². The summed E-state index contributed by atoms with van der Waals surface area (Å²) < 4.78 is 1.87. The van der Waals surface area contributed by atoms with Gasteiger partial charge in [-0.3, -0.25) is 4.68 Å². The van der Waals surface area contributed by atoms with Gasteiger partial charge in [0.1, 0.15) is 0 Å². The number of nitrogens with zero attached hydrogens (tertiary/aromatic N) is 2. The van der Waals surface area contributed by atoms with Crippen LogP contribution in [-0.4, -0.2) is 15.8 Å². The first-order valence-electron chi connectivity index (χ1n) is 6.66. The zero-order valence-electron chi connectivity index (χ0n) is 11.5. The highest BCUT2D eigenvalue weighted by molar-refractivity contribution is 4.99. The number of aryl methyl sites for hydroxylation is 1. The summed E-state index contributed by atoms with van der Waals surface area (Å²) in [5, 5.41) is 8.07. The van der Waals surface area contributed by atoms with Crippen LogP contribution in [0.1, 0.15) is 45.7 Å². The van der Waals surface area contributed by atoms with E-state index in [2.05, 4.69) is 37.3 Å². The van der Waals surface area contributed by atoms with Gasteiger partial charge >= 0.3 is 0 Å². The summed E-state index contributed by atoms with van der Waals surface area (Å²) in [6.07, 6.45) is 5.94. The van der Waals surface area contributed by atoms with Crippen molar-refractivity contribution in [2.45, 2.75) is 52.6 Å². The molecule has 17 heavy (non-hydrogen) atoms. The molecule has 1 aliphatic carbocycles. The second-order valence-electron chi connectivity index (χ2n) is 6.47. The number of rotatable bonds is 3. The Balaban J connectivity index is 1.86. The van der Waals surface area contributed by atoms with E-state index < -0.39 is 0 Å². The zero-order chi connectivity index (χ0) is 12.5. The molecule has 1 saturated carbocycles. The van der Waals surface area contributed by atoms with E-state index in [-0.39, 0.29) is 0 Å². The van der Waals surface area contributed by atoms with Crippen LogP contribution in [0.15, 0.2) is 12.3 Å². The highest BCUT2D eigenvalue weighted by Gasteiger charge is 2.31. The zero-order valence-corrected chi connectivity index (χ0v) is 11.5. The summed E-state index contributed by atoms with van der Waals surface area (Å²) in [6.45, 7) is 8.04. The van der Waals surface area contributed by atoms with Crippen LogP contribution in [-0.2, 0) is 13.6 Å². The van der Waals surface area contributed by atoms with Crippen molar-refractivity contribution in [2.75, 3.05) is 0 Å². The molecule has 0 saturated heterocycles. The molecule has 1 aliphatic rings. The first kappa shape index (κ1) is 12.6. The molecule has 0 amide bonds. The Morgan fingerprint density at radius 3 is 2.82 bits per heavy atom. The Kier molecular flexibility index (Phi) is 3.57. The second-order valence-corrected chi connectivity index (χ2v) is 6.47. The minimum Gasteiger partial charge on any atom is -0.308 e. The third-order valence-corrected chi connectivity index (χ3v) is 3.73. The molecular formula is C14H25N3. The van der Waals surface area contributed by atoms with Crippen LogP contribution in [0, 0.1) is 11.3 Å². The standard InChI is InChI=1S/C14H25N3/c1-11-7-13(9-14(2,3)8-11)15-10-12-5-6-17(4)16-12/h5-6,11,13,15H,7-10H2,1-4H3. The number of hydrogen-bond donors (Lipinski definition) is 1. The Hall–Kier alpha value is -0.830. The van der Waals surface area contributed by atoms with Gasteiger partial charge in [-0.1, -0.05) is 20.8 Å². The van der Waals surface area contributed by atoms with E-state index in [4.69, 9.17) is 0 Å². The molecule has 3 nitrogen and oxygen atoms in total. The minimum atomic E-state index is 0.486. The van der Waals surface area contributed by atoms with Gasteiger partial charge in [0, 0.05) is 25.8 Å². The van der Waals surface area contributed by atoms with Crippen LogP contribution >= 0.6 is 0 Å². The van der Waals surface area contributed by atoms with Crippen molar-refractivity contribution in [1.82, 2.24) is 15.1 Å². The van der Waals surface area contributed by atoms with Crippen LogP contribution in [0.3, 0.4) is 0 Å². The first-order valence-corrected chi connectivity index (χ1v) is 6.66. The molecule has 0 radical (unpaired) electrons. The molecule has 96 valence electrons. The van der Waals surface area contributed by atoms with Crippen LogP contribution in [0.2, 0.25) is 0 Å². The van der Waals surface area contributed by atoms with E-state index in [0.29, 0.717) is 11.5 Å². The Bertz CT molecular complexity index is 367. The van der Waals surface area contributed by atoms with E-state index in [0.717, 1.165) is 18.2 Å². The van der Waals surface area contributed by atoms with E-state index in [1.165, 1.54) is 19.3 Å². The SMILES string of the molecule is CC1CC(NCc2ccn(C)n2)CC(C)(C)C1. The van der Waals surface area contributed by atoms with E-state index in [1.54, 1.807) is 0 Å². The summed E-state index contributed by atoms with van der Waals surface area (Å²) >= 11 is 0. The molecule has 2 unspecified atom stereocenters. The average molecular weight is 235 g/mol. The van der Waals surface area contributed by atoms with Crippen LogP contribution in [0.5, 0.6) is 0 Å². The van der Waals surface area contributed by atoms with Gasteiger partial charge in [-0.05, 0) is 36.7 Å². The summed E-state index contributed by atoms with van der Waals surface area (Å²) in [5.74, 6) is 0.833. The van der Waals surface area contributed by atoms with Gasteiger partial charge < -0.3 is 5.32 Å². The lowest BCUT2D eigenvalue weighted by molar-refractivity contribution is 0.150. The highest BCUT2D eigenvalue weighted by atomic mass is 15.3. The topological polar surface area (TPSA) is 29.9 Å². The second kappa shape index (κ2) is 4.81. The quantitative estimate of drug-likeness (QED) is 0.873. The molecule has 2 rings (SSSR count). The summed E-state index contributed by atoms with van der Waals surface area (Å²) in [6, 6.07) is 2.74. The van der Waals surface area contributed by atoms with Gasteiger partial charge in [-0.2, -0.15) is 5.10 Å². The summed E-state index contributed by atoms with van der Waals surface area (Å²) in [7, 11) is 1.97. The Morgan fingerprint density at radius 2 is 2.24 bits per heavy atom. The number of aromatic nitrogens is 2. The third-order valence-electron chi connectivity index (χ3n) is 3.73. The molecule has 1 aromatic heterocycles. The normalized spacial score (nSPS) is 28.2. The van der Waals surface area contributed by atoms with E-state index in [1.807, 2.05) is 17.9 Å². The van der Waals surface area contributed by atoms with Gasteiger partial charge in [-0.15, -0.1) is 0 Å². The fourth-order valence-corrected chi connectivity index (χ4v) is 3.31. The lowest BCUT2D eigenvalue weighted by Gasteiger charge is -2.39. The average Bonchev–Trinajstić information content (AvgIpc) is 2.58. The maximum Gasteiger partial charge on any atom is 0.0762 e. The smallest absolute Gasteiger partial charge is 0.0762 e. The van der Waals surface area contributed by atoms with Gasteiger partial charge in [-0.25, -0.2) is 0 Å². The van der Waals surface area contributed by atoms with Crippen molar-refractivity contribution >= 4 is 0 Å². The van der Waals surface area contributed by atoms with E-state index >= 15 is 0 Å². The molecule has 1 fully saturated rings. The molecule has 1 aromatic rings. The molecule has 1 heterocycles. The van der Waals surface area contributed by atoms with Crippen molar-refractivity contribution < 1.29 is 0 Å². The number of hydrogen-bond acceptors (Lipinski definition) is 2. The van der Waals surface area contributed by atoms with Crippen molar-refractivity contribution in [3.8, 4) is 0 Å². The largest absolute Gasteiger partial charge is 0.308 e. The molecule has 2 atom stereocenters. The maximum atomic E-state index is 4.40. The van der Waals surface area contributed by atoms with E-state index in [9.17, 15) is 0 Å². The molecule has 0 bridgehead atoms. The van der Waals surface area contributed by atoms with Gasteiger partial charge in [0.25, 0.3) is 0 Å². The summed E-state index contributed by atoms with van der Waals surface area (Å²) in [4.78, 5) is 0. The fourth-order valence-electron chi connectivity index (χ4n) is 3.31. The van der Waals surface area contributed by atoms with Crippen LogP contribution in [0.25, 0.3) is 0 Å². The maximum absolute atomic E-state index is 4.40. The lowest BCUT2D eigenvalue weighted by atomic mass is 9.70. The predicted octanol–water partition coefficient (Wildman–Crippen LogP) is 2.72. The Morgan fingerprint density at radius 1 is 1.47 bits per heavy atom. The third kappa shape index (κ3) is 3.56. The van der Waals surface area contributed by atoms with Crippen LogP contribution < -0.4 is 5.32 Å². The van der Waals surface area contributed by atoms with Crippen molar-refractivity contribution in [1.29, 1.82) is 0 Å². The number of nitrogens with one attached hydrogen (secondary N) is 1. The van der Waals surface area contributed by atoms with Gasteiger partial charge in [0.2, 0.25) is 0 Å². The molecule has 3 heteroatoms. The molecule has 1 N–H and O–H groups in total. The van der Waals surface area contributed by atoms with Crippen molar-refractivity contribution in [2.24, 2.45) is 18.4 Å².